The molecule has 0 spiro atoms. The molecule has 18 heavy (non-hydrogen) atoms. The molecule has 0 aromatic heterocycles. The van der Waals surface area contributed by atoms with Crippen LogP contribution in [0.4, 0.5) is 5.69 Å². The summed E-state index contributed by atoms with van der Waals surface area (Å²) in [6.07, 6.45) is 0. The number of amides is 1. The molecule has 2 nitrogen and oxygen atoms in total. The lowest BCUT2D eigenvalue weighted by Gasteiger charge is -2.08. The Morgan fingerprint density at radius 2 is 1.94 bits per heavy atom. The molecular formula is C14H11BrINO. The molecule has 2 aromatic carbocycles. The lowest BCUT2D eigenvalue weighted by Crippen LogP contribution is -2.12. The molecular weight excluding hydrogens is 405 g/mol. The number of anilines is 1. The first kappa shape index (κ1) is 13.5. The maximum atomic E-state index is 12.1. The number of rotatable bonds is 2. The fourth-order valence-corrected chi connectivity index (χ4v) is 2.49. The van der Waals surface area contributed by atoms with Crippen molar-refractivity contribution in [2.75, 3.05) is 5.32 Å². The van der Waals surface area contributed by atoms with E-state index in [-0.39, 0.29) is 5.91 Å². The zero-order chi connectivity index (χ0) is 13.1. The van der Waals surface area contributed by atoms with Crippen molar-refractivity contribution in [1.82, 2.24) is 0 Å². The number of carbonyl (C=O) groups excluding carboxylic acids is 1. The average molecular weight is 416 g/mol. The first-order valence-corrected chi connectivity index (χ1v) is 7.27. The highest BCUT2D eigenvalue weighted by molar-refractivity contribution is 14.1. The van der Waals surface area contributed by atoms with Crippen LogP contribution in [-0.4, -0.2) is 5.91 Å². The number of benzene rings is 2. The predicted octanol–water partition coefficient (Wildman–Crippen LogP) is 4.61. The van der Waals surface area contributed by atoms with Gasteiger partial charge in [0, 0.05) is 13.7 Å². The van der Waals surface area contributed by atoms with E-state index in [0.717, 1.165) is 13.7 Å². The summed E-state index contributed by atoms with van der Waals surface area (Å²) < 4.78 is 1.93. The van der Waals surface area contributed by atoms with E-state index in [1.165, 1.54) is 5.56 Å². The summed E-state index contributed by atoms with van der Waals surface area (Å²) in [6.45, 7) is 2.04. The number of halogens is 2. The Balaban J connectivity index is 2.22. The molecule has 0 bridgehead atoms. The van der Waals surface area contributed by atoms with Crippen molar-refractivity contribution in [2.24, 2.45) is 0 Å². The van der Waals surface area contributed by atoms with Crippen molar-refractivity contribution >= 4 is 50.1 Å². The first-order chi connectivity index (χ1) is 8.58. The minimum atomic E-state index is -0.109. The molecule has 0 unspecified atom stereocenters. The third-order valence-corrected chi connectivity index (χ3v) is 4.40. The number of nitrogens with one attached hydrogen (secondary N) is 1. The normalized spacial score (nSPS) is 10.2. The Morgan fingerprint density at radius 3 is 2.61 bits per heavy atom. The molecule has 0 aliphatic heterocycles. The zero-order valence-electron chi connectivity index (χ0n) is 9.71. The molecule has 0 saturated heterocycles. The number of aryl methyl sites for hydroxylation is 1. The van der Waals surface area contributed by atoms with Gasteiger partial charge in [-0.05, 0) is 75.3 Å². The second-order valence-corrected chi connectivity index (χ2v) is 5.91. The fraction of sp³-hybridized carbons (Fsp3) is 0.0714. The van der Waals surface area contributed by atoms with Gasteiger partial charge in [0.05, 0.1) is 5.56 Å². The third-order valence-electron chi connectivity index (χ3n) is 2.55. The van der Waals surface area contributed by atoms with E-state index < -0.39 is 0 Å². The Hall–Kier alpha value is -0.880. The maximum Gasteiger partial charge on any atom is 0.256 e. The third kappa shape index (κ3) is 3.11. The van der Waals surface area contributed by atoms with Gasteiger partial charge in [0.25, 0.3) is 5.91 Å². The molecule has 0 radical (unpaired) electrons. The molecule has 4 heteroatoms. The van der Waals surface area contributed by atoms with Crippen LogP contribution in [0.3, 0.4) is 0 Å². The van der Waals surface area contributed by atoms with Crippen molar-refractivity contribution in [3.05, 3.63) is 61.6 Å². The zero-order valence-corrected chi connectivity index (χ0v) is 13.4. The molecule has 1 N–H and O–H groups in total. The van der Waals surface area contributed by atoms with Gasteiger partial charge in [-0.1, -0.05) is 18.2 Å². The molecule has 0 atom stereocenters. The summed E-state index contributed by atoms with van der Waals surface area (Å²) in [4.78, 5) is 12.1. The molecule has 92 valence electrons. The van der Waals surface area contributed by atoms with Crippen LogP contribution in [0.2, 0.25) is 0 Å². The smallest absolute Gasteiger partial charge is 0.256 e. The number of carbonyl (C=O) groups is 1. The molecule has 0 aliphatic rings. The molecule has 0 saturated carbocycles. The summed E-state index contributed by atoms with van der Waals surface area (Å²) in [6, 6.07) is 13.2. The quantitative estimate of drug-likeness (QED) is 0.712. The topological polar surface area (TPSA) is 29.1 Å². The van der Waals surface area contributed by atoms with Crippen LogP contribution in [0.25, 0.3) is 0 Å². The van der Waals surface area contributed by atoms with E-state index in [1.807, 2.05) is 43.3 Å². The van der Waals surface area contributed by atoms with Gasteiger partial charge in [0.1, 0.15) is 0 Å². The van der Waals surface area contributed by atoms with Gasteiger partial charge in [-0.15, -0.1) is 0 Å². The van der Waals surface area contributed by atoms with Crippen molar-refractivity contribution in [3.8, 4) is 0 Å². The summed E-state index contributed by atoms with van der Waals surface area (Å²) in [5.41, 5.74) is 2.65. The summed E-state index contributed by atoms with van der Waals surface area (Å²) in [5.74, 6) is -0.109. The molecule has 0 heterocycles. The molecule has 0 fully saturated rings. The van der Waals surface area contributed by atoms with Gasteiger partial charge >= 0.3 is 0 Å². The summed E-state index contributed by atoms with van der Waals surface area (Å²) in [7, 11) is 0. The van der Waals surface area contributed by atoms with Crippen molar-refractivity contribution in [3.63, 3.8) is 0 Å². The summed E-state index contributed by atoms with van der Waals surface area (Å²) >= 11 is 5.63. The lowest BCUT2D eigenvalue weighted by molar-refractivity contribution is 0.102. The SMILES string of the molecule is Cc1ccc(NC(=O)c2ccccc2Br)cc1I. The van der Waals surface area contributed by atoms with Gasteiger partial charge in [0.15, 0.2) is 0 Å². The van der Waals surface area contributed by atoms with Crippen LogP contribution in [0, 0.1) is 10.5 Å². The molecule has 1 amide bonds. The largest absolute Gasteiger partial charge is 0.322 e. The van der Waals surface area contributed by atoms with E-state index in [4.69, 9.17) is 0 Å². The van der Waals surface area contributed by atoms with Gasteiger partial charge in [-0.2, -0.15) is 0 Å². The van der Waals surface area contributed by atoms with Crippen LogP contribution in [0.5, 0.6) is 0 Å². The van der Waals surface area contributed by atoms with Gasteiger partial charge in [-0.25, -0.2) is 0 Å². The minimum absolute atomic E-state index is 0.109. The summed E-state index contributed by atoms with van der Waals surface area (Å²) in [5, 5.41) is 2.89. The van der Waals surface area contributed by atoms with Gasteiger partial charge in [0.2, 0.25) is 0 Å². The van der Waals surface area contributed by atoms with Crippen molar-refractivity contribution in [1.29, 1.82) is 0 Å². The van der Waals surface area contributed by atoms with E-state index in [2.05, 4.69) is 43.8 Å². The highest BCUT2D eigenvalue weighted by Gasteiger charge is 2.09. The van der Waals surface area contributed by atoms with E-state index >= 15 is 0 Å². The molecule has 2 rings (SSSR count). The van der Waals surface area contributed by atoms with Crippen LogP contribution >= 0.6 is 38.5 Å². The number of hydrogen-bond donors (Lipinski definition) is 1. The number of hydrogen-bond acceptors (Lipinski definition) is 1. The molecule has 2 aromatic rings. The lowest BCUT2D eigenvalue weighted by atomic mass is 10.2. The Labute approximate surface area is 128 Å². The maximum absolute atomic E-state index is 12.1. The predicted molar refractivity (Wildman–Crippen MR) is 86.0 cm³/mol. The second-order valence-electron chi connectivity index (χ2n) is 3.90. The highest BCUT2D eigenvalue weighted by Crippen LogP contribution is 2.20. The highest BCUT2D eigenvalue weighted by atomic mass is 127. The first-order valence-electron chi connectivity index (χ1n) is 5.40. The van der Waals surface area contributed by atoms with Gasteiger partial charge in [-0.3, -0.25) is 4.79 Å². The standard InChI is InChI=1S/C14H11BrINO/c1-9-6-7-10(8-13(9)16)17-14(18)11-4-2-3-5-12(11)15/h2-8H,1H3,(H,17,18). The van der Waals surface area contributed by atoms with Crippen LogP contribution in [0.15, 0.2) is 46.9 Å². The van der Waals surface area contributed by atoms with E-state index in [9.17, 15) is 4.79 Å². The van der Waals surface area contributed by atoms with E-state index in [1.54, 1.807) is 6.07 Å². The Kier molecular flexibility index (Phi) is 4.40. The van der Waals surface area contributed by atoms with Crippen molar-refractivity contribution in [2.45, 2.75) is 6.92 Å². The monoisotopic (exact) mass is 415 g/mol. The van der Waals surface area contributed by atoms with Crippen molar-refractivity contribution < 1.29 is 4.79 Å². The Bertz CT molecular complexity index is 598. The molecule has 0 aliphatic carbocycles. The van der Waals surface area contributed by atoms with Crippen LogP contribution in [-0.2, 0) is 0 Å². The minimum Gasteiger partial charge on any atom is -0.322 e. The fourth-order valence-electron chi connectivity index (χ4n) is 1.51. The average Bonchev–Trinajstić information content (AvgIpc) is 2.34. The van der Waals surface area contributed by atoms with E-state index in [0.29, 0.717) is 5.56 Å². The Morgan fingerprint density at radius 1 is 1.22 bits per heavy atom. The van der Waals surface area contributed by atoms with Gasteiger partial charge < -0.3 is 5.32 Å². The second kappa shape index (κ2) is 5.84. The van der Waals surface area contributed by atoms with Crippen LogP contribution < -0.4 is 5.32 Å². The van der Waals surface area contributed by atoms with Crippen LogP contribution in [0.1, 0.15) is 15.9 Å².